The van der Waals surface area contributed by atoms with Crippen LogP contribution >= 0.6 is 0 Å². The number of carbonyl (C=O) groups is 1. The van der Waals surface area contributed by atoms with Crippen molar-refractivity contribution in [3.05, 3.63) is 89.7 Å². The molecule has 0 aliphatic heterocycles. The van der Waals surface area contributed by atoms with Gasteiger partial charge in [-0.15, -0.1) is 0 Å². The highest BCUT2D eigenvalue weighted by Gasteiger charge is 2.27. The number of amides is 1. The second-order valence-electron chi connectivity index (χ2n) is 7.49. The minimum Gasteiger partial charge on any atom is -0.494 e. The minimum absolute atomic E-state index is 0.0179. The zero-order chi connectivity index (χ0) is 24.7. The van der Waals surface area contributed by atoms with Crippen molar-refractivity contribution in [2.75, 3.05) is 17.5 Å². The van der Waals surface area contributed by atoms with Gasteiger partial charge in [-0.3, -0.25) is 9.10 Å². The van der Waals surface area contributed by atoms with E-state index in [0.29, 0.717) is 12.3 Å². The van der Waals surface area contributed by atoms with Gasteiger partial charge in [0.25, 0.3) is 15.9 Å². The summed E-state index contributed by atoms with van der Waals surface area (Å²) in [6.45, 7) is 5.47. The molecule has 0 aliphatic rings. The molecule has 0 heterocycles. The Morgan fingerprint density at radius 1 is 1.00 bits per heavy atom. The summed E-state index contributed by atoms with van der Waals surface area (Å²) in [5.41, 5.74) is 4.76. The van der Waals surface area contributed by atoms with Crippen LogP contribution in [0.2, 0.25) is 0 Å². The van der Waals surface area contributed by atoms with E-state index in [2.05, 4.69) is 10.5 Å². The molecule has 0 radical (unpaired) electrons. The molecule has 178 valence electrons. The van der Waals surface area contributed by atoms with Crippen molar-refractivity contribution in [1.29, 1.82) is 0 Å². The summed E-state index contributed by atoms with van der Waals surface area (Å²) in [4.78, 5) is 12.7. The van der Waals surface area contributed by atoms with Crippen LogP contribution in [0.3, 0.4) is 0 Å². The number of hydrazone groups is 1. The van der Waals surface area contributed by atoms with E-state index in [1.807, 2.05) is 26.0 Å². The van der Waals surface area contributed by atoms with Crippen LogP contribution in [0.4, 0.5) is 10.1 Å². The molecule has 0 unspecified atom stereocenters. The first-order valence-electron chi connectivity index (χ1n) is 10.6. The Labute approximate surface area is 198 Å². The molecule has 0 bridgehead atoms. The van der Waals surface area contributed by atoms with Gasteiger partial charge < -0.3 is 4.74 Å². The summed E-state index contributed by atoms with van der Waals surface area (Å²) >= 11 is 0. The summed E-state index contributed by atoms with van der Waals surface area (Å²) < 4.78 is 46.4. The minimum atomic E-state index is -4.09. The number of hydrogen-bond acceptors (Lipinski definition) is 5. The molecule has 0 fully saturated rings. The Hall–Kier alpha value is -3.72. The van der Waals surface area contributed by atoms with Crippen LogP contribution in [0.5, 0.6) is 5.75 Å². The number of hydrogen-bond donors (Lipinski definition) is 1. The van der Waals surface area contributed by atoms with Crippen LogP contribution in [0, 0.1) is 12.7 Å². The van der Waals surface area contributed by atoms with E-state index < -0.39 is 28.3 Å². The summed E-state index contributed by atoms with van der Waals surface area (Å²) in [5.74, 6) is -0.443. The lowest BCUT2D eigenvalue weighted by Gasteiger charge is -2.23. The largest absolute Gasteiger partial charge is 0.494 e. The average molecular weight is 484 g/mol. The van der Waals surface area contributed by atoms with E-state index >= 15 is 0 Å². The molecule has 3 aromatic rings. The number of aryl methyl sites for hydroxylation is 1. The van der Waals surface area contributed by atoms with E-state index in [1.54, 1.807) is 31.2 Å². The van der Waals surface area contributed by atoms with Crippen LogP contribution in [-0.4, -0.2) is 33.2 Å². The maximum atomic E-state index is 13.4. The van der Waals surface area contributed by atoms with Gasteiger partial charge in [-0.25, -0.2) is 18.2 Å². The SMILES string of the molecule is CCOc1ccc(/C(C)=N\NC(=O)CN(c2ccc(F)cc2)S(=O)(=O)c2ccc(C)cc2)cc1. The van der Waals surface area contributed by atoms with Crippen molar-refractivity contribution in [2.45, 2.75) is 25.7 Å². The number of nitrogens with one attached hydrogen (secondary N) is 1. The third kappa shape index (κ3) is 6.20. The van der Waals surface area contributed by atoms with E-state index in [9.17, 15) is 17.6 Å². The second kappa shape index (κ2) is 10.9. The van der Waals surface area contributed by atoms with Gasteiger partial charge in [0, 0.05) is 0 Å². The molecule has 3 aromatic carbocycles. The molecule has 34 heavy (non-hydrogen) atoms. The van der Waals surface area contributed by atoms with Gasteiger partial charge in [-0.2, -0.15) is 5.10 Å². The number of ether oxygens (including phenoxy) is 1. The zero-order valence-corrected chi connectivity index (χ0v) is 20.0. The van der Waals surface area contributed by atoms with E-state index in [4.69, 9.17) is 4.74 Å². The Kier molecular flexibility index (Phi) is 8.01. The molecule has 1 amide bonds. The third-order valence-corrected chi connectivity index (χ3v) is 6.73. The Balaban J connectivity index is 1.81. The fraction of sp³-hybridized carbons (Fsp3) is 0.200. The first-order chi connectivity index (χ1) is 16.2. The smallest absolute Gasteiger partial charge is 0.264 e. The number of carbonyl (C=O) groups excluding carboxylic acids is 1. The van der Waals surface area contributed by atoms with Crippen LogP contribution < -0.4 is 14.5 Å². The highest BCUT2D eigenvalue weighted by atomic mass is 32.2. The normalized spacial score (nSPS) is 11.7. The van der Waals surface area contributed by atoms with Crippen molar-refractivity contribution < 1.29 is 22.3 Å². The molecule has 7 nitrogen and oxygen atoms in total. The number of benzene rings is 3. The molecule has 0 saturated heterocycles. The maximum absolute atomic E-state index is 13.4. The fourth-order valence-corrected chi connectivity index (χ4v) is 4.52. The van der Waals surface area contributed by atoms with Gasteiger partial charge >= 0.3 is 0 Å². The topological polar surface area (TPSA) is 88.1 Å². The molecule has 3 rings (SSSR count). The summed E-state index contributed by atoms with van der Waals surface area (Å²) in [5, 5.41) is 4.09. The number of nitrogens with zero attached hydrogens (tertiary/aromatic N) is 2. The van der Waals surface area contributed by atoms with Crippen LogP contribution in [-0.2, 0) is 14.8 Å². The molecule has 0 spiro atoms. The summed E-state index contributed by atoms with van der Waals surface area (Å²) in [6.07, 6.45) is 0. The quantitative estimate of drug-likeness (QED) is 0.364. The Bertz CT molecular complexity index is 1260. The molecule has 1 N–H and O–H groups in total. The first-order valence-corrected chi connectivity index (χ1v) is 12.1. The van der Waals surface area contributed by atoms with Crippen LogP contribution in [0.25, 0.3) is 0 Å². The molecule has 0 saturated carbocycles. The molecule has 0 atom stereocenters. The van der Waals surface area contributed by atoms with Crippen molar-refractivity contribution in [3.63, 3.8) is 0 Å². The molecule has 0 aliphatic carbocycles. The fourth-order valence-electron chi connectivity index (χ4n) is 3.10. The lowest BCUT2D eigenvalue weighted by molar-refractivity contribution is -0.119. The second-order valence-corrected chi connectivity index (χ2v) is 9.35. The molecular formula is C25H26FN3O4S. The monoisotopic (exact) mass is 483 g/mol. The van der Waals surface area contributed by atoms with Gasteiger partial charge in [0.2, 0.25) is 0 Å². The standard InChI is InChI=1S/C25H26FN3O4S/c1-4-33-23-13-7-20(8-14-23)19(3)27-28-25(30)17-29(22-11-9-21(26)10-12-22)34(31,32)24-15-5-18(2)6-16-24/h5-16H,4,17H2,1-3H3,(H,28,30)/b27-19-. The molecular weight excluding hydrogens is 457 g/mol. The highest BCUT2D eigenvalue weighted by molar-refractivity contribution is 7.92. The van der Waals surface area contributed by atoms with Crippen LogP contribution in [0.1, 0.15) is 25.0 Å². The average Bonchev–Trinajstić information content (AvgIpc) is 2.82. The predicted octanol–water partition coefficient (Wildman–Crippen LogP) is 4.27. The zero-order valence-electron chi connectivity index (χ0n) is 19.2. The Morgan fingerprint density at radius 3 is 2.21 bits per heavy atom. The third-order valence-electron chi connectivity index (χ3n) is 4.94. The first kappa shape index (κ1) is 24.9. The maximum Gasteiger partial charge on any atom is 0.264 e. The van der Waals surface area contributed by atoms with E-state index in [1.165, 1.54) is 24.3 Å². The summed E-state index contributed by atoms with van der Waals surface area (Å²) in [6, 6.07) is 18.4. The lowest BCUT2D eigenvalue weighted by atomic mass is 10.1. The number of rotatable bonds is 9. The van der Waals surface area contributed by atoms with Gasteiger partial charge in [0.05, 0.1) is 22.9 Å². The van der Waals surface area contributed by atoms with Crippen molar-refractivity contribution >= 4 is 27.3 Å². The van der Waals surface area contributed by atoms with Crippen LogP contribution in [0.15, 0.2) is 82.8 Å². The highest BCUT2D eigenvalue weighted by Crippen LogP contribution is 2.24. The van der Waals surface area contributed by atoms with Crippen molar-refractivity contribution in [1.82, 2.24) is 5.43 Å². The van der Waals surface area contributed by atoms with Gasteiger partial charge in [0.1, 0.15) is 18.1 Å². The van der Waals surface area contributed by atoms with Gasteiger partial charge in [-0.1, -0.05) is 17.7 Å². The Morgan fingerprint density at radius 2 is 1.62 bits per heavy atom. The predicted molar refractivity (Wildman–Crippen MR) is 130 cm³/mol. The number of anilines is 1. The van der Waals surface area contributed by atoms with Gasteiger partial charge in [-0.05, 0) is 87.0 Å². The van der Waals surface area contributed by atoms with Gasteiger partial charge in [0.15, 0.2) is 0 Å². The van der Waals surface area contributed by atoms with E-state index in [0.717, 1.165) is 33.3 Å². The van der Waals surface area contributed by atoms with Crippen molar-refractivity contribution in [2.24, 2.45) is 5.10 Å². The lowest BCUT2D eigenvalue weighted by Crippen LogP contribution is -2.39. The number of halogens is 1. The molecule has 0 aromatic heterocycles. The van der Waals surface area contributed by atoms with E-state index in [-0.39, 0.29) is 10.6 Å². The summed E-state index contributed by atoms with van der Waals surface area (Å²) in [7, 11) is -4.09. The molecule has 9 heteroatoms. The number of sulfonamides is 1. The van der Waals surface area contributed by atoms with Crippen molar-refractivity contribution in [3.8, 4) is 5.75 Å².